The van der Waals surface area contributed by atoms with Crippen LogP contribution in [0.2, 0.25) is 5.02 Å². The standard InChI is InChI=1S/C15H24ClN3O2S.HI/c1-4-17-15(18-10-7-11-22(3,20)21)19(2)12-13-8-5-6-9-14(13)16;/h5-6,8-9H,4,7,10-12H2,1-3H3,(H,17,18);1H. The van der Waals surface area contributed by atoms with Crippen LogP contribution < -0.4 is 5.32 Å². The van der Waals surface area contributed by atoms with Crippen molar-refractivity contribution in [3.05, 3.63) is 34.9 Å². The summed E-state index contributed by atoms with van der Waals surface area (Å²) >= 11 is 6.17. The highest BCUT2D eigenvalue weighted by Gasteiger charge is 2.09. The Balaban J connectivity index is 0.00000484. The first-order chi connectivity index (χ1) is 10.3. The maximum absolute atomic E-state index is 11.1. The van der Waals surface area contributed by atoms with Gasteiger partial charge in [-0.05, 0) is 25.0 Å². The van der Waals surface area contributed by atoms with Crippen molar-refractivity contribution in [1.29, 1.82) is 0 Å². The summed E-state index contributed by atoms with van der Waals surface area (Å²) in [7, 11) is -0.998. The molecule has 1 rings (SSSR count). The molecular formula is C15H25ClIN3O2S. The van der Waals surface area contributed by atoms with Crippen molar-refractivity contribution in [3.8, 4) is 0 Å². The summed E-state index contributed by atoms with van der Waals surface area (Å²) in [6, 6.07) is 7.69. The predicted octanol–water partition coefficient (Wildman–Crippen LogP) is 2.79. The van der Waals surface area contributed by atoms with Gasteiger partial charge in [-0.2, -0.15) is 0 Å². The molecule has 0 aliphatic carbocycles. The molecule has 0 radical (unpaired) electrons. The van der Waals surface area contributed by atoms with Gasteiger partial charge in [0.05, 0.1) is 5.75 Å². The molecule has 1 aromatic carbocycles. The zero-order chi connectivity index (χ0) is 16.6. The molecule has 8 heteroatoms. The SMILES string of the molecule is CCNC(=NCCCS(C)(=O)=O)N(C)Cc1ccccc1Cl.I. The van der Waals surface area contributed by atoms with Crippen LogP contribution in [0.4, 0.5) is 0 Å². The van der Waals surface area contributed by atoms with Crippen molar-refractivity contribution in [1.82, 2.24) is 10.2 Å². The van der Waals surface area contributed by atoms with Crippen molar-refractivity contribution in [2.75, 3.05) is 32.1 Å². The third kappa shape index (κ3) is 9.36. The lowest BCUT2D eigenvalue weighted by atomic mass is 10.2. The first-order valence-corrected chi connectivity index (χ1v) is 9.68. The number of sulfone groups is 1. The molecule has 1 N–H and O–H groups in total. The second kappa shape index (κ2) is 11.1. The highest BCUT2D eigenvalue weighted by Crippen LogP contribution is 2.16. The van der Waals surface area contributed by atoms with Crippen LogP contribution in [0.15, 0.2) is 29.3 Å². The van der Waals surface area contributed by atoms with Gasteiger partial charge in [-0.15, -0.1) is 24.0 Å². The van der Waals surface area contributed by atoms with E-state index in [4.69, 9.17) is 11.6 Å². The average molecular weight is 474 g/mol. The molecule has 0 bridgehead atoms. The van der Waals surface area contributed by atoms with Crippen LogP contribution in [0, 0.1) is 0 Å². The molecule has 0 atom stereocenters. The molecule has 1 aromatic rings. The second-order valence-corrected chi connectivity index (χ2v) is 7.83. The maximum atomic E-state index is 11.1. The smallest absolute Gasteiger partial charge is 0.193 e. The fourth-order valence-electron chi connectivity index (χ4n) is 1.94. The van der Waals surface area contributed by atoms with Gasteiger partial charge in [0, 0.05) is 38.0 Å². The van der Waals surface area contributed by atoms with E-state index in [1.54, 1.807) is 0 Å². The van der Waals surface area contributed by atoms with Crippen LogP contribution in [0.5, 0.6) is 0 Å². The molecule has 0 aromatic heterocycles. The Hall–Kier alpha value is -0.540. The molecular weight excluding hydrogens is 449 g/mol. The molecule has 0 spiro atoms. The first kappa shape index (κ1) is 22.5. The lowest BCUT2D eigenvalue weighted by Crippen LogP contribution is -2.38. The number of benzene rings is 1. The number of rotatable bonds is 7. The van der Waals surface area contributed by atoms with Crippen molar-refractivity contribution < 1.29 is 8.42 Å². The van der Waals surface area contributed by atoms with Crippen molar-refractivity contribution in [2.45, 2.75) is 19.9 Å². The molecule has 0 saturated heterocycles. The third-order valence-corrected chi connectivity index (χ3v) is 4.40. The Morgan fingerprint density at radius 3 is 2.57 bits per heavy atom. The Morgan fingerprint density at radius 1 is 1.35 bits per heavy atom. The fourth-order valence-corrected chi connectivity index (χ4v) is 2.79. The van der Waals surface area contributed by atoms with Gasteiger partial charge >= 0.3 is 0 Å². The molecule has 5 nitrogen and oxygen atoms in total. The molecule has 0 aliphatic heterocycles. The summed E-state index contributed by atoms with van der Waals surface area (Å²) in [6.07, 6.45) is 1.76. The van der Waals surface area contributed by atoms with Crippen molar-refractivity contribution >= 4 is 51.4 Å². The van der Waals surface area contributed by atoms with Crippen LogP contribution in [0.3, 0.4) is 0 Å². The Morgan fingerprint density at radius 2 is 2.00 bits per heavy atom. The molecule has 0 heterocycles. The predicted molar refractivity (Wildman–Crippen MR) is 109 cm³/mol. The molecule has 132 valence electrons. The van der Waals surface area contributed by atoms with E-state index in [1.165, 1.54) is 6.26 Å². The number of halogens is 2. The van der Waals surface area contributed by atoms with E-state index in [-0.39, 0.29) is 29.7 Å². The van der Waals surface area contributed by atoms with Gasteiger partial charge in [0.1, 0.15) is 9.84 Å². The molecule has 0 amide bonds. The van der Waals surface area contributed by atoms with E-state index < -0.39 is 9.84 Å². The van der Waals surface area contributed by atoms with Crippen molar-refractivity contribution in [3.63, 3.8) is 0 Å². The summed E-state index contributed by atoms with van der Waals surface area (Å²) in [5.41, 5.74) is 1.02. The first-order valence-electron chi connectivity index (χ1n) is 7.24. The monoisotopic (exact) mass is 473 g/mol. The zero-order valence-corrected chi connectivity index (χ0v) is 17.7. The molecule has 23 heavy (non-hydrogen) atoms. The van der Waals surface area contributed by atoms with Gasteiger partial charge in [-0.3, -0.25) is 4.99 Å². The summed E-state index contributed by atoms with van der Waals surface area (Å²) < 4.78 is 22.2. The summed E-state index contributed by atoms with van der Waals surface area (Å²) in [5, 5.41) is 3.93. The number of nitrogens with one attached hydrogen (secondary N) is 1. The second-order valence-electron chi connectivity index (χ2n) is 5.17. The largest absolute Gasteiger partial charge is 0.357 e. The van der Waals surface area contributed by atoms with Gasteiger partial charge in [-0.25, -0.2) is 8.42 Å². The average Bonchev–Trinajstić information content (AvgIpc) is 2.43. The molecule has 0 unspecified atom stereocenters. The van der Waals surface area contributed by atoms with Gasteiger partial charge in [0.15, 0.2) is 5.96 Å². The Bertz CT molecular complexity index is 608. The summed E-state index contributed by atoms with van der Waals surface area (Å²) in [5.74, 6) is 0.903. The number of nitrogens with zero attached hydrogens (tertiary/aromatic N) is 2. The van der Waals surface area contributed by atoms with E-state index >= 15 is 0 Å². The number of guanidine groups is 1. The number of aliphatic imine (C=N–C) groups is 1. The van der Waals surface area contributed by atoms with Gasteiger partial charge in [-0.1, -0.05) is 29.8 Å². The lowest BCUT2D eigenvalue weighted by Gasteiger charge is -2.22. The van der Waals surface area contributed by atoms with Crippen molar-refractivity contribution in [2.24, 2.45) is 4.99 Å². The summed E-state index contributed by atoms with van der Waals surface area (Å²) in [4.78, 5) is 6.44. The fraction of sp³-hybridized carbons (Fsp3) is 0.533. The minimum Gasteiger partial charge on any atom is -0.357 e. The quantitative estimate of drug-likeness (QED) is 0.286. The normalized spacial score (nSPS) is 11.7. The molecule has 0 aliphatic rings. The van der Waals surface area contributed by atoms with Crippen LogP contribution in [-0.2, 0) is 16.4 Å². The summed E-state index contributed by atoms with van der Waals surface area (Å²) in [6.45, 7) is 3.85. The third-order valence-electron chi connectivity index (χ3n) is 3.00. The highest BCUT2D eigenvalue weighted by atomic mass is 127. The Kier molecular flexibility index (Phi) is 10.8. The number of hydrogen-bond donors (Lipinski definition) is 1. The highest BCUT2D eigenvalue weighted by molar-refractivity contribution is 14.0. The minimum absolute atomic E-state index is 0. The van der Waals surface area contributed by atoms with Crippen LogP contribution >= 0.6 is 35.6 Å². The van der Waals surface area contributed by atoms with Crippen LogP contribution in [0.1, 0.15) is 18.9 Å². The molecule has 0 fully saturated rings. The van der Waals surface area contributed by atoms with E-state index in [2.05, 4.69) is 10.3 Å². The zero-order valence-electron chi connectivity index (χ0n) is 13.8. The Labute approximate surface area is 161 Å². The topological polar surface area (TPSA) is 61.8 Å². The van der Waals surface area contributed by atoms with E-state index in [9.17, 15) is 8.42 Å². The number of hydrogen-bond acceptors (Lipinski definition) is 3. The molecule has 0 saturated carbocycles. The van der Waals surface area contributed by atoms with E-state index in [0.717, 1.165) is 23.1 Å². The van der Waals surface area contributed by atoms with Crippen LogP contribution in [0.25, 0.3) is 0 Å². The van der Waals surface area contributed by atoms with Crippen LogP contribution in [-0.4, -0.2) is 51.4 Å². The minimum atomic E-state index is -2.93. The van der Waals surface area contributed by atoms with E-state index in [0.29, 0.717) is 19.5 Å². The van der Waals surface area contributed by atoms with Gasteiger partial charge in [0.2, 0.25) is 0 Å². The lowest BCUT2D eigenvalue weighted by molar-refractivity contribution is 0.477. The van der Waals surface area contributed by atoms with E-state index in [1.807, 2.05) is 43.1 Å². The maximum Gasteiger partial charge on any atom is 0.193 e. The van der Waals surface area contributed by atoms with Gasteiger partial charge in [0.25, 0.3) is 0 Å². The van der Waals surface area contributed by atoms with Gasteiger partial charge < -0.3 is 10.2 Å².